The van der Waals surface area contributed by atoms with Crippen LogP contribution in [0, 0.1) is 5.82 Å². The van der Waals surface area contributed by atoms with Crippen LogP contribution in [0.15, 0.2) is 35.6 Å². The number of nitrogens with two attached hydrogens (primary N) is 1. The van der Waals surface area contributed by atoms with Crippen LogP contribution in [-0.4, -0.2) is 33.6 Å². The zero-order valence-electron chi connectivity index (χ0n) is 16.0. The van der Waals surface area contributed by atoms with Crippen molar-refractivity contribution in [2.75, 3.05) is 5.32 Å². The van der Waals surface area contributed by atoms with Crippen molar-refractivity contribution in [3.05, 3.63) is 53.4 Å². The minimum atomic E-state index is -2.83. The van der Waals surface area contributed by atoms with Crippen LogP contribution in [0.5, 0.6) is 0 Å². The molecule has 160 valence electrons. The molecule has 3 N–H and O–H groups in total. The predicted octanol–water partition coefficient (Wildman–Crippen LogP) is 3.85. The summed E-state index contributed by atoms with van der Waals surface area (Å²) in [4.78, 5) is 23.2. The largest absolute Gasteiger partial charge is 0.385 e. The summed E-state index contributed by atoms with van der Waals surface area (Å²) in [5, 5.41) is 2.40. The molecule has 1 aromatic heterocycles. The molecule has 3 rings (SSSR count). The Morgan fingerprint density at radius 3 is 2.57 bits per heavy atom. The quantitative estimate of drug-likeness (QED) is 0.725. The minimum absolute atomic E-state index is 0.0620. The number of rotatable bonds is 4. The lowest BCUT2D eigenvalue weighted by atomic mass is 9.79. The lowest BCUT2D eigenvalue weighted by Crippen LogP contribution is -2.51. The Kier molecular flexibility index (Phi) is 5.48. The Hall–Kier alpha value is -3.11. The average Bonchev–Trinajstić information content (AvgIpc) is 2.67. The number of halogens is 5. The van der Waals surface area contributed by atoms with E-state index < -0.39 is 53.5 Å². The van der Waals surface area contributed by atoms with Crippen LogP contribution in [0.25, 0.3) is 0 Å². The van der Waals surface area contributed by atoms with Gasteiger partial charge in [0.15, 0.2) is 5.67 Å². The standard InChI is InChI=1S/C19H18F5N5O/c1-18(24)6-14(21)19(2,29-17(18)25)10-5-9(3-4-11(10)20)28-16(30)13-8-26-12(7-27-13)15(22)23/h3-5,7-8,14-15H,6H2,1-2H3,(H2,25,29)(H,28,30)/t14-,18+,19+/m0/s1. The van der Waals surface area contributed by atoms with Gasteiger partial charge in [-0.25, -0.2) is 26.9 Å². The molecule has 1 aliphatic heterocycles. The fourth-order valence-corrected chi connectivity index (χ4v) is 3.06. The molecular formula is C19H18F5N5O. The Labute approximate surface area is 168 Å². The predicted molar refractivity (Wildman–Crippen MR) is 99.3 cm³/mol. The van der Waals surface area contributed by atoms with Gasteiger partial charge < -0.3 is 11.1 Å². The number of amides is 1. The fraction of sp³-hybridized carbons (Fsp3) is 0.368. The normalized spacial score (nSPS) is 26.4. The van der Waals surface area contributed by atoms with Gasteiger partial charge in [-0.1, -0.05) is 0 Å². The van der Waals surface area contributed by atoms with Gasteiger partial charge in [-0.15, -0.1) is 0 Å². The number of hydrogen-bond acceptors (Lipinski definition) is 5. The molecule has 30 heavy (non-hydrogen) atoms. The van der Waals surface area contributed by atoms with Crippen LogP contribution in [-0.2, 0) is 5.54 Å². The van der Waals surface area contributed by atoms with Gasteiger partial charge in [0, 0.05) is 17.7 Å². The van der Waals surface area contributed by atoms with E-state index in [1.165, 1.54) is 13.0 Å². The highest BCUT2D eigenvalue weighted by atomic mass is 19.3. The van der Waals surface area contributed by atoms with Crippen molar-refractivity contribution in [2.24, 2.45) is 10.7 Å². The lowest BCUT2D eigenvalue weighted by Gasteiger charge is -2.38. The van der Waals surface area contributed by atoms with Gasteiger partial charge in [0.05, 0.1) is 12.4 Å². The van der Waals surface area contributed by atoms with E-state index in [-0.39, 0.29) is 16.9 Å². The first kappa shape index (κ1) is 21.6. The molecule has 3 atom stereocenters. The first-order valence-electron chi connectivity index (χ1n) is 8.84. The summed E-state index contributed by atoms with van der Waals surface area (Å²) in [5.41, 5.74) is 0.627. The van der Waals surface area contributed by atoms with Crippen LogP contribution in [0.1, 0.15) is 48.4 Å². The van der Waals surface area contributed by atoms with Crippen LogP contribution in [0.3, 0.4) is 0 Å². The number of carbonyl (C=O) groups is 1. The van der Waals surface area contributed by atoms with E-state index in [0.29, 0.717) is 0 Å². The van der Waals surface area contributed by atoms with Gasteiger partial charge in [0.1, 0.15) is 34.8 Å². The molecule has 2 aromatic rings. The second-order valence-corrected chi connectivity index (χ2v) is 7.29. The van der Waals surface area contributed by atoms with Crippen molar-refractivity contribution in [1.82, 2.24) is 9.97 Å². The number of carbonyl (C=O) groups excluding carboxylic acids is 1. The van der Waals surface area contributed by atoms with Crippen LogP contribution in [0.4, 0.5) is 27.6 Å². The molecule has 11 heteroatoms. The van der Waals surface area contributed by atoms with Crippen molar-refractivity contribution in [1.29, 1.82) is 0 Å². The number of alkyl halides is 4. The summed E-state index contributed by atoms with van der Waals surface area (Å²) in [6.07, 6.45) is -3.70. The Morgan fingerprint density at radius 2 is 1.97 bits per heavy atom. The molecule has 0 radical (unpaired) electrons. The summed E-state index contributed by atoms with van der Waals surface area (Å²) < 4.78 is 68.6. The smallest absolute Gasteiger partial charge is 0.281 e. The van der Waals surface area contributed by atoms with Crippen molar-refractivity contribution in [3.8, 4) is 0 Å². The van der Waals surface area contributed by atoms with E-state index in [0.717, 1.165) is 31.5 Å². The van der Waals surface area contributed by atoms with Crippen LogP contribution < -0.4 is 11.1 Å². The maximum absolute atomic E-state index is 14.8. The molecule has 2 heterocycles. The maximum atomic E-state index is 14.8. The molecule has 0 saturated heterocycles. The zero-order valence-corrected chi connectivity index (χ0v) is 16.0. The fourth-order valence-electron chi connectivity index (χ4n) is 3.06. The summed E-state index contributed by atoms with van der Waals surface area (Å²) in [7, 11) is 0. The van der Waals surface area contributed by atoms with Crippen molar-refractivity contribution in [3.63, 3.8) is 0 Å². The average molecular weight is 427 g/mol. The SMILES string of the molecule is C[C@@]1(F)C[C@H](F)[C@@](C)(c2cc(NC(=O)c3cnc(C(F)F)cn3)ccc2F)N=C1N. The number of aromatic nitrogens is 2. The second kappa shape index (κ2) is 7.62. The van der Waals surface area contributed by atoms with E-state index in [4.69, 9.17) is 5.73 Å². The minimum Gasteiger partial charge on any atom is -0.385 e. The monoisotopic (exact) mass is 427 g/mol. The summed E-state index contributed by atoms with van der Waals surface area (Å²) in [6, 6.07) is 3.35. The third kappa shape index (κ3) is 3.96. The molecule has 1 aromatic carbocycles. The third-order valence-electron chi connectivity index (χ3n) is 4.96. The van der Waals surface area contributed by atoms with Crippen LogP contribution in [0.2, 0.25) is 0 Å². The molecule has 6 nitrogen and oxygen atoms in total. The summed E-state index contributed by atoms with van der Waals surface area (Å²) in [5.74, 6) is -2.08. The molecule has 0 unspecified atom stereocenters. The Morgan fingerprint density at radius 1 is 1.27 bits per heavy atom. The number of benzene rings is 1. The van der Waals surface area contributed by atoms with E-state index in [1.54, 1.807) is 0 Å². The van der Waals surface area contributed by atoms with Gasteiger partial charge in [-0.3, -0.25) is 14.8 Å². The highest BCUT2D eigenvalue weighted by molar-refractivity contribution is 6.02. The molecule has 1 aliphatic rings. The van der Waals surface area contributed by atoms with Crippen molar-refractivity contribution >= 4 is 17.4 Å². The van der Waals surface area contributed by atoms with Crippen molar-refractivity contribution < 1.29 is 26.7 Å². The van der Waals surface area contributed by atoms with E-state index in [1.807, 2.05) is 0 Å². The van der Waals surface area contributed by atoms with E-state index in [2.05, 4.69) is 20.3 Å². The van der Waals surface area contributed by atoms with Gasteiger partial charge in [0.2, 0.25) is 0 Å². The van der Waals surface area contributed by atoms with Gasteiger partial charge in [-0.2, -0.15) is 0 Å². The molecule has 0 spiro atoms. The zero-order chi connectivity index (χ0) is 22.3. The van der Waals surface area contributed by atoms with Gasteiger partial charge >= 0.3 is 0 Å². The topological polar surface area (TPSA) is 93.3 Å². The third-order valence-corrected chi connectivity index (χ3v) is 4.96. The highest BCUT2D eigenvalue weighted by Crippen LogP contribution is 2.42. The lowest BCUT2D eigenvalue weighted by molar-refractivity contribution is 0.102. The summed E-state index contributed by atoms with van der Waals surface area (Å²) >= 11 is 0. The van der Waals surface area contributed by atoms with E-state index in [9.17, 15) is 26.7 Å². The van der Waals surface area contributed by atoms with E-state index >= 15 is 0 Å². The van der Waals surface area contributed by atoms with Gasteiger partial charge in [-0.05, 0) is 32.0 Å². The number of anilines is 1. The summed E-state index contributed by atoms with van der Waals surface area (Å²) in [6.45, 7) is 2.36. The first-order chi connectivity index (χ1) is 13.9. The Bertz CT molecular complexity index is 995. The number of nitrogens with one attached hydrogen (secondary N) is 1. The molecular weight excluding hydrogens is 409 g/mol. The molecule has 1 amide bonds. The van der Waals surface area contributed by atoms with Gasteiger partial charge in [0.25, 0.3) is 12.3 Å². The number of aliphatic imine (C=N–C) groups is 1. The molecule has 0 saturated carbocycles. The van der Waals surface area contributed by atoms with Crippen molar-refractivity contribution in [2.45, 2.75) is 44.1 Å². The Balaban J connectivity index is 1.90. The molecule has 0 bridgehead atoms. The highest BCUT2D eigenvalue weighted by Gasteiger charge is 2.49. The molecule has 0 aliphatic carbocycles. The van der Waals surface area contributed by atoms with Crippen LogP contribution >= 0.6 is 0 Å². The number of amidine groups is 1. The second-order valence-electron chi connectivity index (χ2n) is 7.29. The molecule has 0 fully saturated rings. The first-order valence-corrected chi connectivity index (χ1v) is 8.84. The number of hydrogen-bond donors (Lipinski definition) is 2. The maximum Gasteiger partial charge on any atom is 0.281 e. The number of nitrogens with zero attached hydrogens (tertiary/aromatic N) is 3.